The van der Waals surface area contributed by atoms with E-state index < -0.39 is 0 Å². The minimum atomic E-state index is -0.0558. The van der Waals surface area contributed by atoms with Crippen molar-refractivity contribution in [3.05, 3.63) is 89.7 Å². The van der Waals surface area contributed by atoms with Crippen LogP contribution in [0.25, 0.3) is 0 Å². The van der Waals surface area contributed by atoms with Crippen molar-refractivity contribution in [3.63, 3.8) is 0 Å². The van der Waals surface area contributed by atoms with Crippen LogP contribution in [0.3, 0.4) is 0 Å². The molecule has 2 aliphatic rings. The van der Waals surface area contributed by atoms with Crippen LogP contribution in [-0.2, 0) is 11.3 Å². The predicted octanol–water partition coefficient (Wildman–Crippen LogP) is 2.88. The molecule has 0 unspecified atom stereocenters. The molecule has 6 nitrogen and oxygen atoms in total. The summed E-state index contributed by atoms with van der Waals surface area (Å²) in [6.45, 7) is 3.10. The number of fused-ring (bicyclic) bond motifs is 1. The molecule has 0 aliphatic carbocycles. The lowest BCUT2D eigenvalue weighted by Crippen LogP contribution is -2.43. The van der Waals surface area contributed by atoms with Gasteiger partial charge in [0, 0.05) is 31.4 Å². The van der Waals surface area contributed by atoms with Crippen molar-refractivity contribution in [2.75, 3.05) is 19.7 Å². The van der Waals surface area contributed by atoms with Crippen molar-refractivity contribution in [2.24, 2.45) is 0 Å². The van der Waals surface area contributed by atoms with Gasteiger partial charge in [0.2, 0.25) is 0 Å². The number of hydrogen-bond donors (Lipinski definition) is 1. The van der Waals surface area contributed by atoms with Gasteiger partial charge in [0.25, 0.3) is 5.91 Å². The average Bonchev–Trinajstić information content (AvgIpc) is 3.41. The molecule has 30 heavy (non-hydrogen) atoms. The van der Waals surface area contributed by atoms with E-state index in [-0.39, 0.29) is 18.1 Å². The van der Waals surface area contributed by atoms with Crippen molar-refractivity contribution in [1.29, 1.82) is 0 Å². The predicted molar refractivity (Wildman–Crippen MR) is 114 cm³/mol. The Morgan fingerprint density at radius 1 is 1.07 bits per heavy atom. The van der Waals surface area contributed by atoms with Crippen molar-refractivity contribution < 1.29 is 9.53 Å². The van der Waals surface area contributed by atoms with E-state index in [0.717, 1.165) is 25.1 Å². The van der Waals surface area contributed by atoms with E-state index in [1.54, 1.807) is 10.9 Å². The highest BCUT2D eigenvalue weighted by Crippen LogP contribution is 2.30. The monoisotopic (exact) mass is 402 g/mol. The van der Waals surface area contributed by atoms with E-state index in [0.29, 0.717) is 24.8 Å². The van der Waals surface area contributed by atoms with E-state index in [1.165, 1.54) is 5.56 Å². The van der Waals surface area contributed by atoms with Crippen LogP contribution < -0.4 is 5.32 Å². The maximum atomic E-state index is 12.7. The largest absolute Gasteiger partial charge is 0.371 e. The number of carbonyl (C=O) groups is 1. The molecule has 3 heterocycles. The van der Waals surface area contributed by atoms with Gasteiger partial charge in [0.05, 0.1) is 31.0 Å². The summed E-state index contributed by atoms with van der Waals surface area (Å²) < 4.78 is 7.91. The maximum absolute atomic E-state index is 12.7. The molecule has 3 atom stereocenters. The van der Waals surface area contributed by atoms with E-state index in [4.69, 9.17) is 4.74 Å². The normalized spacial score (nSPS) is 23.8. The number of nitrogens with one attached hydrogen (secondary N) is 1. The fourth-order valence-electron chi connectivity index (χ4n) is 4.45. The number of carbonyl (C=O) groups excluding carboxylic acids is 1. The van der Waals surface area contributed by atoms with Gasteiger partial charge in [0.15, 0.2) is 0 Å². The molecule has 0 saturated carbocycles. The third-order valence-corrected chi connectivity index (χ3v) is 6.01. The Morgan fingerprint density at radius 3 is 2.63 bits per heavy atom. The zero-order chi connectivity index (χ0) is 20.3. The number of amides is 1. The number of aromatic nitrogens is 2. The average molecular weight is 402 g/mol. The molecule has 3 aromatic rings. The second-order valence-electron chi connectivity index (χ2n) is 8.16. The summed E-state index contributed by atoms with van der Waals surface area (Å²) >= 11 is 0. The van der Waals surface area contributed by atoms with Gasteiger partial charge >= 0.3 is 0 Å². The Hall–Kier alpha value is -2.96. The molecule has 2 fully saturated rings. The van der Waals surface area contributed by atoms with E-state index in [9.17, 15) is 4.79 Å². The fourth-order valence-corrected chi connectivity index (χ4v) is 4.45. The van der Waals surface area contributed by atoms with Crippen LogP contribution in [0, 0.1) is 0 Å². The smallest absolute Gasteiger partial charge is 0.254 e. The summed E-state index contributed by atoms with van der Waals surface area (Å²) in [6, 6.07) is 21.0. The number of nitrogens with zero attached hydrogens (tertiary/aromatic N) is 3. The molecule has 1 amide bonds. The van der Waals surface area contributed by atoms with Crippen LogP contribution in [0.2, 0.25) is 0 Å². The molecule has 1 N–H and O–H groups in total. The summed E-state index contributed by atoms with van der Waals surface area (Å²) in [5.74, 6) is -0.0558. The van der Waals surface area contributed by atoms with Gasteiger partial charge in [-0.2, -0.15) is 5.10 Å². The van der Waals surface area contributed by atoms with Gasteiger partial charge in [0.1, 0.15) is 0 Å². The van der Waals surface area contributed by atoms with Gasteiger partial charge in [-0.15, -0.1) is 0 Å². The van der Waals surface area contributed by atoms with Crippen LogP contribution >= 0.6 is 0 Å². The molecule has 2 aromatic carbocycles. The first-order valence-electron chi connectivity index (χ1n) is 10.5. The first kappa shape index (κ1) is 19.0. The third-order valence-electron chi connectivity index (χ3n) is 6.01. The van der Waals surface area contributed by atoms with Crippen LogP contribution in [0.4, 0.5) is 0 Å². The molecule has 2 aliphatic heterocycles. The number of ether oxygens (including phenoxy) is 1. The lowest BCUT2D eigenvalue weighted by Gasteiger charge is -2.35. The topological polar surface area (TPSA) is 59.4 Å². The summed E-state index contributed by atoms with van der Waals surface area (Å²) in [6.07, 6.45) is 4.49. The molecule has 1 aromatic heterocycles. The summed E-state index contributed by atoms with van der Waals surface area (Å²) in [5.41, 5.74) is 2.98. The van der Waals surface area contributed by atoms with Crippen LogP contribution in [0.1, 0.15) is 34.0 Å². The van der Waals surface area contributed by atoms with Crippen LogP contribution in [0.15, 0.2) is 73.1 Å². The number of hydrogen-bond acceptors (Lipinski definition) is 4. The standard InChI is InChI=1S/C24H26N4O2/c29-24(20-12-25-28(14-20)13-18-7-3-1-4-8-18)26-21-11-22-17-30-23(16-27(22)15-21)19-9-5-2-6-10-19/h1-10,12,14,21-23H,11,13,15-17H2,(H,26,29)/t21-,22+,23-/m1/s1. The third kappa shape index (κ3) is 4.15. The van der Waals surface area contributed by atoms with Crippen molar-refractivity contribution in [3.8, 4) is 0 Å². The van der Waals surface area contributed by atoms with E-state index in [2.05, 4.69) is 51.7 Å². The minimum absolute atomic E-state index is 0.0558. The zero-order valence-electron chi connectivity index (χ0n) is 16.9. The van der Waals surface area contributed by atoms with Crippen LogP contribution in [0.5, 0.6) is 0 Å². The zero-order valence-corrected chi connectivity index (χ0v) is 16.9. The molecule has 154 valence electrons. The highest BCUT2D eigenvalue weighted by molar-refractivity contribution is 5.93. The quantitative estimate of drug-likeness (QED) is 0.713. The lowest BCUT2D eigenvalue weighted by atomic mass is 10.1. The summed E-state index contributed by atoms with van der Waals surface area (Å²) in [5, 5.41) is 7.54. The van der Waals surface area contributed by atoms with Crippen molar-refractivity contribution in [1.82, 2.24) is 20.0 Å². The van der Waals surface area contributed by atoms with E-state index >= 15 is 0 Å². The number of benzene rings is 2. The minimum Gasteiger partial charge on any atom is -0.371 e. The first-order chi connectivity index (χ1) is 14.7. The Kier molecular flexibility index (Phi) is 5.34. The molecule has 2 saturated heterocycles. The maximum Gasteiger partial charge on any atom is 0.254 e. The van der Waals surface area contributed by atoms with Gasteiger partial charge in [-0.25, -0.2) is 0 Å². The molecule has 0 spiro atoms. The number of rotatable bonds is 5. The summed E-state index contributed by atoms with van der Waals surface area (Å²) in [7, 11) is 0. The molecular weight excluding hydrogens is 376 g/mol. The van der Waals surface area contributed by atoms with E-state index in [1.807, 2.05) is 30.5 Å². The lowest BCUT2D eigenvalue weighted by molar-refractivity contribution is -0.0502. The van der Waals surface area contributed by atoms with Crippen molar-refractivity contribution >= 4 is 5.91 Å². The Balaban J connectivity index is 1.17. The second kappa shape index (κ2) is 8.42. The summed E-state index contributed by atoms with van der Waals surface area (Å²) in [4.78, 5) is 15.2. The molecule has 5 rings (SSSR count). The van der Waals surface area contributed by atoms with Gasteiger partial charge in [-0.3, -0.25) is 14.4 Å². The Bertz CT molecular complexity index is 989. The SMILES string of the molecule is O=C(N[C@@H]1C[C@H]2CO[C@@H](c3ccccc3)CN2C1)c1cnn(Cc2ccccc2)c1. The fraction of sp³-hybridized carbons (Fsp3) is 0.333. The number of morpholine rings is 1. The second-order valence-corrected chi connectivity index (χ2v) is 8.16. The Labute approximate surface area is 176 Å². The Morgan fingerprint density at radius 2 is 1.83 bits per heavy atom. The molecule has 6 heteroatoms. The van der Waals surface area contributed by atoms with Gasteiger partial charge < -0.3 is 10.1 Å². The van der Waals surface area contributed by atoms with Crippen LogP contribution in [-0.4, -0.2) is 52.4 Å². The first-order valence-corrected chi connectivity index (χ1v) is 10.5. The molecule has 0 bridgehead atoms. The van der Waals surface area contributed by atoms with Gasteiger partial charge in [-0.1, -0.05) is 60.7 Å². The highest BCUT2D eigenvalue weighted by Gasteiger charge is 2.38. The molecule has 0 radical (unpaired) electrons. The highest BCUT2D eigenvalue weighted by atomic mass is 16.5. The van der Waals surface area contributed by atoms with Gasteiger partial charge in [-0.05, 0) is 17.5 Å². The molecular formula is C24H26N4O2. The van der Waals surface area contributed by atoms with Crippen molar-refractivity contribution in [2.45, 2.75) is 31.2 Å².